The van der Waals surface area contributed by atoms with Gasteiger partial charge in [0.15, 0.2) is 5.79 Å². The van der Waals surface area contributed by atoms with Gasteiger partial charge in [0.25, 0.3) is 0 Å². The molecule has 0 spiro atoms. The molecular weight excluding hydrogens is 231 g/mol. The number of aryl methyl sites for hydroxylation is 1. The average Bonchev–Trinajstić information content (AvgIpc) is 3.00. The van der Waals surface area contributed by atoms with Crippen molar-refractivity contribution in [3.63, 3.8) is 0 Å². The fourth-order valence-electron chi connectivity index (χ4n) is 2.22. The lowest BCUT2D eigenvalue weighted by molar-refractivity contribution is -0.120. The number of hydrogen-bond donors (Lipinski definition) is 2. The Balaban J connectivity index is 2.29. The van der Waals surface area contributed by atoms with Gasteiger partial charge in [0, 0.05) is 5.69 Å². The summed E-state index contributed by atoms with van der Waals surface area (Å²) in [6.07, 6.45) is 1.62. The lowest BCUT2D eigenvalue weighted by Crippen LogP contribution is -2.29. The molecule has 3 nitrogen and oxygen atoms in total. The third-order valence-corrected chi connectivity index (χ3v) is 3.43. The number of nitrogens with two attached hydrogens (primary N) is 1. The summed E-state index contributed by atoms with van der Waals surface area (Å²) >= 11 is 0. The number of amides is 1. The Morgan fingerprint density at radius 3 is 2.44 bits per heavy atom. The van der Waals surface area contributed by atoms with Crippen molar-refractivity contribution in [2.75, 3.05) is 5.32 Å². The summed E-state index contributed by atoms with van der Waals surface area (Å²) < 4.78 is 13.5. The number of carbonyl (C=O) groups is 1. The smallest absolute Gasteiger partial charge is 0.228 e. The minimum atomic E-state index is -1.47. The van der Waals surface area contributed by atoms with Gasteiger partial charge in [-0.3, -0.25) is 4.79 Å². The summed E-state index contributed by atoms with van der Waals surface area (Å²) in [5.41, 5.74) is 7.57. The van der Waals surface area contributed by atoms with E-state index in [0.29, 0.717) is 0 Å². The van der Waals surface area contributed by atoms with Gasteiger partial charge in [-0.15, -0.1) is 0 Å². The van der Waals surface area contributed by atoms with Crippen LogP contribution >= 0.6 is 0 Å². The second-order valence-corrected chi connectivity index (χ2v) is 5.57. The van der Waals surface area contributed by atoms with E-state index in [9.17, 15) is 9.18 Å². The SMILES string of the molecule is Cc1cc(C2(C(N)=O)CC2)ccc1NC(C)(C)F. The van der Waals surface area contributed by atoms with Crippen molar-refractivity contribution >= 4 is 11.6 Å². The second-order valence-electron chi connectivity index (χ2n) is 5.57. The lowest BCUT2D eigenvalue weighted by Gasteiger charge is -2.21. The zero-order valence-corrected chi connectivity index (χ0v) is 11.0. The zero-order chi connectivity index (χ0) is 13.6. The average molecular weight is 250 g/mol. The van der Waals surface area contributed by atoms with E-state index in [-0.39, 0.29) is 5.91 Å². The molecule has 0 aliphatic heterocycles. The normalized spacial score (nSPS) is 17.3. The predicted octanol–water partition coefficient (Wildman–Crippen LogP) is 2.63. The van der Waals surface area contributed by atoms with Crippen LogP contribution in [0, 0.1) is 6.92 Å². The van der Waals surface area contributed by atoms with E-state index in [2.05, 4.69) is 5.32 Å². The van der Waals surface area contributed by atoms with Crippen molar-refractivity contribution in [1.82, 2.24) is 0 Å². The highest BCUT2D eigenvalue weighted by molar-refractivity contribution is 5.90. The molecule has 0 heterocycles. The molecule has 1 aromatic rings. The van der Waals surface area contributed by atoms with Crippen LogP contribution in [-0.4, -0.2) is 11.7 Å². The number of primary amides is 1. The molecule has 0 saturated heterocycles. The molecule has 0 aromatic heterocycles. The van der Waals surface area contributed by atoms with Gasteiger partial charge in [-0.1, -0.05) is 12.1 Å². The van der Waals surface area contributed by atoms with Gasteiger partial charge in [-0.25, -0.2) is 4.39 Å². The molecule has 1 fully saturated rings. The number of nitrogens with one attached hydrogen (secondary N) is 1. The number of hydrogen-bond acceptors (Lipinski definition) is 2. The van der Waals surface area contributed by atoms with E-state index >= 15 is 0 Å². The Morgan fingerprint density at radius 1 is 1.44 bits per heavy atom. The van der Waals surface area contributed by atoms with Crippen molar-refractivity contribution in [2.24, 2.45) is 5.73 Å². The summed E-state index contributed by atoms with van der Waals surface area (Å²) in [5, 5.41) is 2.79. The van der Waals surface area contributed by atoms with E-state index in [4.69, 9.17) is 5.73 Å². The first-order valence-electron chi connectivity index (χ1n) is 6.13. The summed E-state index contributed by atoms with van der Waals surface area (Å²) in [5.74, 6) is -1.74. The number of rotatable bonds is 4. The molecule has 0 atom stereocenters. The fraction of sp³-hybridized carbons (Fsp3) is 0.500. The minimum Gasteiger partial charge on any atom is -0.369 e. The van der Waals surface area contributed by atoms with Gasteiger partial charge in [-0.05, 0) is 50.8 Å². The van der Waals surface area contributed by atoms with Crippen LogP contribution < -0.4 is 11.1 Å². The summed E-state index contributed by atoms with van der Waals surface area (Å²) in [6, 6.07) is 5.60. The lowest BCUT2D eigenvalue weighted by atomic mass is 9.93. The van der Waals surface area contributed by atoms with Gasteiger partial charge in [0.05, 0.1) is 5.41 Å². The molecule has 2 rings (SSSR count). The van der Waals surface area contributed by atoms with Crippen molar-refractivity contribution < 1.29 is 9.18 Å². The minimum absolute atomic E-state index is 0.270. The van der Waals surface area contributed by atoms with Crippen molar-refractivity contribution in [2.45, 2.75) is 44.8 Å². The van der Waals surface area contributed by atoms with Crippen LogP contribution in [0.4, 0.5) is 10.1 Å². The first-order valence-corrected chi connectivity index (χ1v) is 6.13. The quantitative estimate of drug-likeness (QED) is 0.807. The zero-order valence-electron chi connectivity index (χ0n) is 11.0. The molecule has 0 radical (unpaired) electrons. The number of alkyl halides is 1. The number of halogens is 1. The molecule has 98 valence electrons. The summed E-state index contributed by atoms with van der Waals surface area (Å²) in [4.78, 5) is 11.5. The Kier molecular flexibility index (Phi) is 2.84. The summed E-state index contributed by atoms with van der Waals surface area (Å²) in [6.45, 7) is 4.83. The Labute approximate surface area is 107 Å². The Morgan fingerprint density at radius 2 is 2.06 bits per heavy atom. The van der Waals surface area contributed by atoms with E-state index in [1.165, 1.54) is 13.8 Å². The Bertz CT molecular complexity index is 487. The molecule has 0 bridgehead atoms. The molecule has 3 N–H and O–H groups in total. The van der Waals surface area contributed by atoms with Crippen LogP contribution in [0.3, 0.4) is 0 Å². The molecule has 18 heavy (non-hydrogen) atoms. The molecule has 1 amide bonds. The van der Waals surface area contributed by atoms with Crippen LogP contribution in [0.5, 0.6) is 0 Å². The van der Waals surface area contributed by atoms with E-state index in [1.807, 2.05) is 25.1 Å². The fourth-order valence-corrected chi connectivity index (χ4v) is 2.22. The highest BCUT2D eigenvalue weighted by atomic mass is 19.1. The van der Waals surface area contributed by atoms with Gasteiger partial charge in [-0.2, -0.15) is 0 Å². The van der Waals surface area contributed by atoms with Crippen LogP contribution in [0.2, 0.25) is 0 Å². The number of anilines is 1. The first-order chi connectivity index (χ1) is 8.24. The summed E-state index contributed by atoms with van der Waals surface area (Å²) in [7, 11) is 0. The molecule has 1 aromatic carbocycles. The third kappa shape index (κ3) is 2.33. The molecule has 0 unspecified atom stereocenters. The maximum absolute atomic E-state index is 13.5. The molecular formula is C14H19FN2O. The maximum Gasteiger partial charge on any atom is 0.228 e. The standard InChI is InChI=1S/C14H19FN2O/c1-9-8-10(14(6-7-14)12(16)18)4-5-11(9)17-13(2,3)15/h4-5,8,17H,6-7H2,1-3H3,(H2,16,18). The van der Waals surface area contributed by atoms with E-state index in [0.717, 1.165) is 29.7 Å². The van der Waals surface area contributed by atoms with Crippen molar-refractivity contribution in [3.05, 3.63) is 29.3 Å². The molecule has 4 heteroatoms. The monoisotopic (exact) mass is 250 g/mol. The number of benzene rings is 1. The highest BCUT2D eigenvalue weighted by Crippen LogP contribution is 2.48. The largest absolute Gasteiger partial charge is 0.369 e. The molecule has 1 aliphatic carbocycles. The Hall–Kier alpha value is -1.58. The van der Waals surface area contributed by atoms with Crippen LogP contribution in [0.15, 0.2) is 18.2 Å². The maximum atomic E-state index is 13.5. The van der Waals surface area contributed by atoms with Gasteiger partial charge in [0.2, 0.25) is 5.91 Å². The van der Waals surface area contributed by atoms with Crippen LogP contribution in [0.1, 0.15) is 37.8 Å². The molecule has 1 aliphatic rings. The second kappa shape index (κ2) is 3.97. The molecule has 1 saturated carbocycles. The third-order valence-electron chi connectivity index (χ3n) is 3.43. The van der Waals surface area contributed by atoms with Crippen molar-refractivity contribution in [3.8, 4) is 0 Å². The van der Waals surface area contributed by atoms with E-state index in [1.54, 1.807) is 0 Å². The van der Waals surface area contributed by atoms with E-state index < -0.39 is 11.2 Å². The van der Waals surface area contributed by atoms with Crippen molar-refractivity contribution in [1.29, 1.82) is 0 Å². The predicted molar refractivity (Wildman–Crippen MR) is 70.1 cm³/mol. The number of carbonyl (C=O) groups excluding carboxylic acids is 1. The first kappa shape index (κ1) is 12.9. The van der Waals surface area contributed by atoms with Gasteiger partial charge >= 0.3 is 0 Å². The highest BCUT2D eigenvalue weighted by Gasteiger charge is 2.50. The topological polar surface area (TPSA) is 55.1 Å². The van der Waals surface area contributed by atoms with Crippen LogP contribution in [0.25, 0.3) is 0 Å². The van der Waals surface area contributed by atoms with Gasteiger partial charge in [0.1, 0.15) is 0 Å². The van der Waals surface area contributed by atoms with Crippen LogP contribution in [-0.2, 0) is 10.2 Å². The van der Waals surface area contributed by atoms with Gasteiger partial charge < -0.3 is 11.1 Å².